The van der Waals surface area contributed by atoms with Gasteiger partial charge in [-0.1, -0.05) is 18.5 Å². The predicted octanol–water partition coefficient (Wildman–Crippen LogP) is 3.22. The highest BCUT2D eigenvalue weighted by atomic mass is 35.5. The Hall–Kier alpha value is -0.690. The van der Waals surface area contributed by atoms with Crippen LogP contribution in [0, 0.1) is 6.92 Å². The topological polar surface area (TPSA) is 9.23 Å². The smallest absolute Gasteiger partial charge is 0.123 e. The summed E-state index contributed by atoms with van der Waals surface area (Å²) in [4.78, 5) is 0. The minimum absolute atomic E-state index is 0.745. The summed E-state index contributed by atoms with van der Waals surface area (Å²) in [5.74, 6) is 0.874. The molecule has 0 bridgehead atoms. The molecular formula is C10H13ClO. The molecule has 0 aromatic heterocycles. The van der Waals surface area contributed by atoms with Crippen molar-refractivity contribution in [3.8, 4) is 5.75 Å². The number of ether oxygens (including phenoxy) is 1. The zero-order valence-corrected chi connectivity index (χ0v) is 8.40. The van der Waals surface area contributed by atoms with Crippen molar-refractivity contribution in [1.29, 1.82) is 0 Å². The Labute approximate surface area is 78.3 Å². The Balaban J connectivity index is 3.22. The zero-order chi connectivity index (χ0) is 9.14. The van der Waals surface area contributed by atoms with Gasteiger partial charge in [-0.3, -0.25) is 0 Å². The van der Waals surface area contributed by atoms with Crippen molar-refractivity contribution in [2.24, 2.45) is 0 Å². The van der Waals surface area contributed by atoms with E-state index in [1.165, 1.54) is 11.1 Å². The summed E-state index contributed by atoms with van der Waals surface area (Å²) in [6.07, 6.45) is 0.989. The Kier molecular flexibility index (Phi) is 2.99. The van der Waals surface area contributed by atoms with Gasteiger partial charge in [0, 0.05) is 5.02 Å². The second kappa shape index (κ2) is 3.81. The second-order valence-electron chi connectivity index (χ2n) is 2.75. The molecule has 0 saturated heterocycles. The maximum atomic E-state index is 5.90. The fourth-order valence-corrected chi connectivity index (χ4v) is 1.52. The Morgan fingerprint density at radius 3 is 2.58 bits per heavy atom. The van der Waals surface area contributed by atoms with E-state index in [1.54, 1.807) is 7.11 Å². The van der Waals surface area contributed by atoms with Gasteiger partial charge in [0.25, 0.3) is 0 Å². The number of benzene rings is 1. The van der Waals surface area contributed by atoms with Gasteiger partial charge in [-0.15, -0.1) is 0 Å². The molecule has 12 heavy (non-hydrogen) atoms. The summed E-state index contributed by atoms with van der Waals surface area (Å²) in [7, 11) is 1.66. The lowest BCUT2D eigenvalue weighted by atomic mass is 10.1. The quantitative estimate of drug-likeness (QED) is 0.686. The first kappa shape index (κ1) is 9.40. The van der Waals surface area contributed by atoms with Crippen LogP contribution in [0.25, 0.3) is 0 Å². The summed E-state index contributed by atoms with van der Waals surface area (Å²) < 4.78 is 5.18. The van der Waals surface area contributed by atoms with Crippen LogP contribution in [0.4, 0.5) is 0 Å². The van der Waals surface area contributed by atoms with Crippen LogP contribution in [-0.2, 0) is 6.42 Å². The first-order chi connectivity index (χ1) is 5.69. The van der Waals surface area contributed by atoms with Gasteiger partial charge in [0.2, 0.25) is 0 Å². The summed E-state index contributed by atoms with van der Waals surface area (Å²) in [6, 6.07) is 3.83. The molecule has 0 unspecified atom stereocenters. The van der Waals surface area contributed by atoms with Crippen molar-refractivity contribution in [2.75, 3.05) is 7.11 Å². The molecule has 1 nitrogen and oxygen atoms in total. The fraction of sp³-hybridized carbons (Fsp3) is 0.400. The van der Waals surface area contributed by atoms with E-state index in [4.69, 9.17) is 16.3 Å². The molecule has 1 aromatic carbocycles. The number of halogens is 1. The highest BCUT2D eigenvalue weighted by molar-refractivity contribution is 6.30. The normalized spacial score (nSPS) is 10.0. The number of hydrogen-bond acceptors (Lipinski definition) is 1. The first-order valence-electron chi connectivity index (χ1n) is 4.02. The molecule has 0 fully saturated rings. The van der Waals surface area contributed by atoms with E-state index < -0.39 is 0 Å². The van der Waals surface area contributed by atoms with E-state index in [9.17, 15) is 0 Å². The lowest BCUT2D eigenvalue weighted by Gasteiger charge is -2.09. The van der Waals surface area contributed by atoms with Crippen molar-refractivity contribution in [1.82, 2.24) is 0 Å². The van der Waals surface area contributed by atoms with E-state index in [-0.39, 0.29) is 0 Å². The number of methoxy groups -OCH3 is 1. The maximum Gasteiger partial charge on any atom is 0.123 e. The van der Waals surface area contributed by atoms with Crippen LogP contribution in [0.5, 0.6) is 5.75 Å². The molecule has 0 spiro atoms. The zero-order valence-electron chi connectivity index (χ0n) is 7.65. The van der Waals surface area contributed by atoms with Crippen molar-refractivity contribution in [2.45, 2.75) is 20.3 Å². The lowest BCUT2D eigenvalue weighted by Crippen LogP contribution is -1.92. The van der Waals surface area contributed by atoms with Crippen LogP contribution in [0.2, 0.25) is 5.02 Å². The highest BCUT2D eigenvalue weighted by Gasteiger charge is 2.04. The van der Waals surface area contributed by atoms with Gasteiger partial charge >= 0.3 is 0 Å². The average Bonchev–Trinajstić information content (AvgIpc) is 2.08. The van der Waals surface area contributed by atoms with Gasteiger partial charge in [-0.2, -0.15) is 0 Å². The minimum Gasteiger partial charge on any atom is -0.496 e. The third-order valence-corrected chi connectivity index (χ3v) is 2.25. The van der Waals surface area contributed by atoms with Gasteiger partial charge in [-0.05, 0) is 36.6 Å². The highest BCUT2D eigenvalue weighted by Crippen LogP contribution is 2.26. The Morgan fingerprint density at radius 1 is 1.42 bits per heavy atom. The number of rotatable bonds is 2. The first-order valence-corrected chi connectivity index (χ1v) is 4.39. The van der Waals surface area contributed by atoms with Crippen molar-refractivity contribution < 1.29 is 4.74 Å². The monoisotopic (exact) mass is 184 g/mol. The van der Waals surface area contributed by atoms with Crippen LogP contribution in [0.3, 0.4) is 0 Å². The summed E-state index contributed by atoms with van der Waals surface area (Å²) in [5.41, 5.74) is 2.43. The molecule has 2 heteroatoms. The van der Waals surface area contributed by atoms with Gasteiger partial charge in [0.05, 0.1) is 7.11 Å². The van der Waals surface area contributed by atoms with E-state index in [1.807, 2.05) is 19.1 Å². The molecule has 0 saturated carbocycles. The maximum absolute atomic E-state index is 5.90. The molecule has 1 rings (SSSR count). The van der Waals surface area contributed by atoms with E-state index >= 15 is 0 Å². The average molecular weight is 185 g/mol. The Bertz CT molecular complexity index is 256. The molecular weight excluding hydrogens is 172 g/mol. The molecule has 0 atom stereocenters. The predicted molar refractivity (Wildman–Crippen MR) is 52.1 cm³/mol. The van der Waals surface area contributed by atoms with Crippen LogP contribution in [0.15, 0.2) is 12.1 Å². The van der Waals surface area contributed by atoms with Crippen LogP contribution >= 0.6 is 11.6 Å². The number of hydrogen-bond donors (Lipinski definition) is 0. The third-order valence-electron chi connectivity index (χ3n) is 2.03. The van der Waals surface area contributed by atoms with Crippen molar-refractivity contribution in [3.63, 3.8) is 0 Å². The van der Waals surface area contributed by atoms with Crippen LogP contribution in [0.1, 0.15) is 18.1 Å². The Morgan fingerprint density at radius 2 is 2.08 bits per heavy atom. The van der Waals surface area contributed by atoms with Gasteiger partial charge in [0.15, 0.2) is 0 Å². The van der Waals surface area contributed by atoms with E-state index in [2.05, 4.69) is 6.92 Å². The molecule has 0 N–H and O–H groups in total. The van der Waals surface area contributed by atoms with E-state index in [0.717, 1.165) is 17.2 Å². The van der Waals surface area contributed by atoms with Gasteiger partial charge in [0.1, 0.15) is 5.75 Å². The molecule has 0 aliphatic heterocycles. The van der Waals surface area contributed by atoms with Crippen molar-refractivity contribution >= 4 is 11.6 Å². The van der Waals surface area contributed by atoms with Crippen LogP contribution < -0.4 is 4.74 Å². The largest absolute Gasteiger partial charge is 0.496 e. The molecule has 0 amide bonds. The summed E-state index contributed by atoms with van der Waals surface area (Å²) in [6.45, 7) is 4.16. The molecule has 0 heterocycles. The van der Waals surface area contributed by atoms with Crippen LogP contribution in [-0.4, -0.2) is 7.11 Å². The second-order valence-corrected chi connectivity index (χ2v) is 3.18. The SMILES string of the molecule is CCc1cc(Cl)cc(OC)c1C. The standard InChI is InChI=1S/C10H13ClO/c1-4-8-5-9(11)6-10(12-3)7(8)2/h5-6H,4H2,1-3H3. The van der Waals surface area contributed by atoms with Gasteiger partial charge in [-0.25, -0.2) is 0 Å². The third kappa shape index (κ3) is 1.72. The van der Waals surface area contributed by atoms with Crippen molar-refractivity contribution in [3.05, 3.63) is 28.3 Å². The van der Waals surface area contributed by atoms with Gasteiger partial charge < -0.3 is 4.74 Å². The molecule has 0 aliphatic rings. The molecule has 1 aromatic rings. The summed E-state index contributed by atoms with van der Waals surface area (Å²) in [5, 5.41) is 0.745. The molecule has 0 radical (unpaired) electrons. The van der Waals surface area contributed by atoms with E-state index in [0.29, 0.717) is 0 Å². The summed E-state index contributed by atoms with van der Waals surface area (Å²) >= 11 is 5.90. The molecule has 66 valence electrons. The number of aryl methyl sites for hydroxylation is 1. The lowest BCUT2D eigenvalue weighted by molar-refractivity contribution is 0.411. The fourth-order valence-electron chi connectivity index (χ4n) is 1.29. The minimum atomic E-state index is 0.745. The molecule has 0 aliphatic carbocycles.